The summed E-state index contributed by atoms with van der Waals surface area (Å²) < 4.78 is 5.38. The number of aryl methyl sites for hydroxylation is 1. The summed E-state index contributed by atoms with van der Waals surface area (Å²) in [6, 6.07) is 2.24. The number of nitrogens with zero attached hydrogens (tertiary/aromatic N) is 2. The maximum atomic E-state index is 5.38. The Kier molecular flexibility index (Phi) is 5.16. The van der Waals surface area contributed by atoms with Gasteiger partial charge in [0, 0.05) is 25.8 Å². The second kappa shape index (κ2) is 6.87. The Balaban J connectivity index is 1.96. The van der Waals surface area contributed by atoms with Gasteiger partial charge in [0.1, 0.15) is 5.82 Å². The van der Waals surface area contributed by atoms with Crippen molar-refractivity contribution in [2.24, 2.45) is 5.92 Å². The number of ether oxygens (including phenoxy) is 1. The molecule has 4 heteroatoms. The van der Waals surface area contributed by atoms with Crippen molar-refractivity contribution in [3.05, 3.63) is 23.4 Å². The van der Waals surface area contributed by atoms with E-state index in [1.807, 2.05) is 6.20 Å². The molecule has 0 saturated carbocycles. The van der Waals surface area contributed by atoms with Gasteiger partial charge in [-0.2, -0.15) is 0 Å². The van der Waals surface area contributed by atoms with E-state index in [2.05, 4.69) is 42.0 Å². The molecule has 2 rings (SSSR count). The van der Waals surface area contributed by atoms with Crippen LogP contribution in [0.5, 0.6) is 0 Å². The SMILES string of the molecule is Cc1cc(CNCC(C)C)cnc1N1CCOCC1. The monoisotopic (exact) mass is 263 g/mol. The van der Waals surface area contributed by atoms with E-state index in [1.54, 1.807) is 0 Å². The molecule has 0 radical (unpaired) electrons. The van der Waals surface area contributed by atoms with Crippen LogP contribution in [0, 0.1) is 12.8 Å². The molecule has 1 saturated heterocycles. The average Bonchev–Trinajstić information content (AvgIpc) is 2.39. The van der Waals surface area contributed by atoms with Crippen LogP contribution in [-0.4, -0.2) is 37.8 Å². The standard InChI is InChI=1S/C15H25N3O/c1-12(2)9-16-10-14-8-13(3)15(17-11-14)18-4-6-19-7-5-18/h8,11-12,16H,4-7,9-10H2,1-3H3. The van der Waals surface area contributed by atoms with Gasteiger partial charge in [-0.05, 0) is 36.6 Å². The molecule has 19 heavy (non-hydrogen) atoms. The van der Waals surface area contributed by atoms with Gasteiger partial charge in [0.05, 0.1) is 13.2 Å². The number of morpholine rings is 1. The summed E-state index contributed by atoms with van der Waals surface area (Å²) in [6.45, 7) is 12.0. The first-order valence-electron chi connectivity index (χ1n) is 7.15. The molecule has 0 aliphatic carbocycles. The molecule has 0 aromatic carbocycles. The van der Waals surface area contributed by atoms with Crippen molar-refractivity contribution in [3.63, 3.8) is 0 Å². The van der Waals surface area contributed by atoms with Crippen molar-refractivity contribution in [1.82, 2.24) is 10.3 Å². The third-order valence-corrected chi connectivity index (χ3v) is 3.30. The Morgan fingerprint density at radius 1 is 1.37 bits per heavy atom. The van der Waals surface area contributed by atoms with E-state index in [9.17, 15) is 0 Å². The third-order valence-electron chi connectivity index (χ3n) is 3.30. The topological polar surface area (TPSA) is 37.4 Å². The maximum Gasteiger partial charge on any atom is 0.131 e. The summed E-state index contributed by atoms with van der Waals surface area (Å²) in [6.07, 6.45) is 1.99. The van der Waals surface area contributed by atoms with E-state index in [0.29, 0.717) is 5.92 Å². The number of nitrogens with one attached hydrogen (secondary N) is 1. The minimum absolute atomic E-state index is 0.682. The molecule has 1 aliphatic rings. The van der Waals surface area contributed by atoms with Crippen molar-refractivity contribution in [3.8, 4) is 0 Å². The van der Waals surface area contributed by atoms with Crippen molar-refractivity contribution in [2.75, 3.05) is 37.7 Å². The smallest absolute Gasteiger partial charge is 0.131 e. The van der Waals surface area contributed by atoms with Gasteiger partial charge in [0.25, 0.3) is 0 Å². The van der Waals surface area contributed by atoms with E-state index in [1.165, 1.54) is 11.1 Å². The summed E-state index contributed by atoms with van der Waals surface area (Å²) in [4.78, 5) is 6.94. The fourth-order valence-corrected chi connectivity index (χ4v) is 2.33. The lowest BCUT2D eigenvalue weighted by atomic mass is 10.1. The minimum Gasteiger partial charge on any atom is -0.378 e. The molecule has 0 spiro atoms. The zero-order valence-electron chi connectivity index (χ0n) is 12.3. The Bertz CT molecular complexity index is 400. The Morgan fingerprint density at radius 2 is 2.11 bits per heavy atom. The highest BCUT2D eigenvalue weighted by Gasteiger charge is 2.14. The highest BCUT2D eigenvalue weighted by molar-refractivity contribution is 5.47. The van der Waals surface area contributed by atoms with E-state index < -0.39 is 0 Å². The van der Waals surface area contributed by atoms with Crippen LogP contribution in [0.15, 0.2) is 12.3 Å². The molecule has 0 atom stereocenters. The van der Waals surface area contributed by atoms with Gasteiger partial charge in [0.15, 0.2) is 0 Å². The van der Waals surface area contributed by atoms with Gasteiger partial charge >= 0.3 is 0 Å². The van der Waals surface area contributed by atoms with Gasteiger partial charge < -0.3 is 15.0 Å². The zero-order chi connectivity index (χ0) is 13.7. The number of aromatic nitrogens is 1. The van der Waals surface area contributed by atoms with E-state index in [4.69, 9.17) is 4.74 Å². The molecule has 106 valence electrons. The molecule has 4 nitrogen and oxygen atoms in total. The Morgan fingerprint density at radius 3 is 2.74 bits per heavy atom. The summed E-state index contributed by atoms with van der Waals surface area (Å²) >= 11 is 0. The summed E-state index contributed by atoms with van der Waals surface area (Å²) in [5, 5.41) is 3.45. The predicted octanol–water partition coefficient (Wildman–Crippen LogP) is 1.97. The Hall–Kier alpha value is -1.13. The van der Waals surface area contributed by atoms with Crippen LogP contribution in [0.2, 0.25) is 0 Å². The second-order valence-electron chi connectivity index (χ2n) is 5.61. The average molecular weight is 263 g/mol. The van der Waals surface area contributed by atoms with E-state index in [0.717, 1.165) is 45.2 Å². The molecule has 1 fully saturated rings. The molecule has 0 unspecified atom stereocenters. The van der Waals surface area contributed by atoms with Crippen molar-refractivity contribution in [1.29, 1.82) is 0 Å². The molecule has 1 aromatic rings. The summed E-state index contributed by atoms with van der Waals surface area (Å²) in [7, 11) is 0. The molecule has 0 amide bonds. The first-order valence-corrected chi connectivity index (χ1v) is 7.15. The van der Waals surface area contributed by atoms with Crippen LogP contribution in [0.1, 0.15) is 25.0 Å². The summed E-state index contributed by atoms with van der Waals surface area (Å²) in [5.41, 5.74) is 2.51. The molecule has 1 N–H and O–H groups in total. The van der Waals surface area contributed by atoms with Gasteiger partial charge in [-0.1, -0.05) is 13.8 Å². The highest BCUT2D eigenvalue weighted by Crippen LogP contribution is 2.19. The molecular weight excluding hydrogens is 238 g/mol. The van der Waals surface area contributed by atoms with Crippen LogP contribution in [-0.2, 0) is 11.3 Å². The van der Waals surface area contributed by atoms with Crippen molar-refractivity contribution >= 4 is 5.82 Å². The lowest BCUT2D eigenvalue weighted by Crippen LogP contribution is -2.37. The van der Waals surface area contributed by atoms with E-state index in [-0.39, 0.29) is 0 Å². The zero-order valence-corrected chi connectivity index (χ0v) is 12.3. The largest absolute Gasteiger partial charge is 0.378 e. The number of rotatable bonds is 5. The number of pyridine rings is 1. The predicted molar refractivity (Wildman–Crippen MR) is 78.6 cm³/mol. The maximum absolute atomic E-state index is 5.38. The number of anilines is 1. The fraction of sp³-hybridized carbons (Fsp3) is 0.667. The lowest BCUT2D eigenvalue weighted by molar-refractivity contribution is 0.122. The van der Waals surface area contributed by atoms with Gasteiger partial charge in [-0.15, -0.1) is 0 Å². The normalized spacial score (nSPS) is 16.1. The number of hydrogen-bond acceptors (Lipinski definition) is 4. The van der Waals surface area contributed by atoms with Crippen LogP contribution < -0.4 is 10.2 Å². The molecule has 0 bridgehead atoms. The first kappa shape index (κ1) is 14.3. The van der Waals surface area contributed by atoms with Gasteiger partial charge in [-0.3, -0.25) is 0 Å². The second-order valence-corrected chi connectivity index (χ2v) is 5.61. The van der Waals surface area contributed by atoms with Crippen LogP contribution in [0.25, 0.3) is 0 Å². The number of hydrogen-bond donors (Lipinski definition) is 1. The third kappa shape index (κ3) is 4.18. The summed E-state index contributed by atoms with van der Waals surface area (Å²) in [5.74, 6) is 1.79. The van der Waals surface area contributed by atoms with Gasteiger partial charge in [-0.25, -0.2) is 4.98 Å². The van der Waals surface area contributed by atoms with Gasteiger partial charge in [0.2, 0.25) is 0 Å². The van der Waals surface area contributed by atoms with E-state index >= 15 is 0 Å². The van der Waals surface area contributed by atoms with Crippen LogP contribution >= 0.6 is 0 Å². The quantitative estimate of drug-likeness (QED) is 0.881. The van der Waals surface area contributed by atoms with Crippen molar-refractivity contribution < 1.29 is 4.74 Å². The highest BCUT2D eigenvalue weighted by atomic mass is 16.5. The van der Waals surface area contributed by atoms with Crippen molar-refractivity contribution in [2.45, 2.75) is 27.3 Å². The lowest BCUT2D eigenvalue weighted by Gasteiger charge is -2.29. The fourth-order valence-electron chi connectivity index (χ4n) is 2.33. The Labute approximate surface area is 116 Å². The molecular formula is C15H25N3O. The van der Waals surface area contributed by atoms with Crippen LogP contribution in [0.4, 0.5) is 5.82 Å². The molecule has 2 heterocycles. The molecule has 1 aliphatic heterocycles. The first-order chi connectivity index (χ1) is 9.16. The van der Waals surface area contributed by atoms with Crippen LogP contribution in [0.3, 0.4) is 0 Å². The minimum atomic E-state index is 0.682. The molecule has 1 aromatic heterocycles.